The monoisotopic (exact) mass is 292 g/mol. The molecule has 0 saturated heterocycles. The molecule has 2 N–H and O–H groups in total. The molecule has 2 atom stereocenters. The Labute approximate surface area is 113 Å². The van der Waals surface area contributed by atoms with E-state index in [1.807, 2.05) is 6.92 Å². The predicted molar refractivity (Wildman–Crippen MR) is 66.0 cm³/mol. The Morgan fingerprint density at radius 2 is 2.26 bits per heavy atom. The van der Waals surface area contributed by atoms with E-state index in [0.717, 1.165) is 19.0 Å². The second-order valence-electron chi connectivity index (χ2n) is 5.21. The molecule has 1 aromatic rings. The Bertz CT molecular complexity index is 486. The topological polar surface area (TPSA) is 56.0 Å². The Morgan fingerprint density at radius 1 is 1.58 bits per heavy atom. The van der Waals surface area contributed by atoms with Crippen LogP contribution in [-0.4, -0.2) is 16.3 Å². The van der Waals surface area contributed by atoms with Gasteiger partial charge < -0.3 is 5.73 Å². The summed E-state index contributed by atoms with van der Waals surface area (Å²) < 4.78 is 37.4. The zero-order valence-corrected chi connectivity index (χ0v) is 11.3. The summed E-state index contributed by atoms with van der Waals surface area (Å²) in [5, 5.41) is -0.997. The zero-order chi connectivity index (χ0) is 14.3. The van der Waals surface area contributed by atoms with Gasteiger partial charge in [-0.05, 0) is 18.8 Å². The minimum atomic E-state index is -4.51. The molecule has 0 aliphatic heterocycles. The van der Waals surface area contributed by atoms with Crippen LogP contribution in [0.3, 0.4) is 0 Å². The van der Waals surface area contributed by atoms with Crippen molar-refractivity contribution in [3.8, 4) is 0 Å². The summed E-state index contributed by atoms with van der Waals surface area (Å²) >= 11 is 0.376. The van der Waals surface area contributed by atoms with E-state index in [9.17, 15) is 18.0 Å². The second kappa shape index (κ2) is 4.86. The Morgan fingerprint density at radius 3 is 2.79 bits per heavy atom. The molecule has 106 valence electrons. The number of rotatable bonds is 2. The molecular formula is C12H15F3N2OS. The molecule has 0 aromatic carbocycles. The van der Waals surface area contributed by atoms with Gasteiger partial charge in [-0.15, -0.1) is 11.3 Å². The van der Waals surface area contributed by atoms with Crippen molar-refractivity contribution in [3.05, 3.63) is 16.1 Å². The number of Topliss-reactive ketones (excluding diaryl/α,β-unsaturated/α-hetero) is 1. The van der Waals surface area contributed by atoms with Crippen molar-refractivity contribution in [3.63, 3.8) is 0 Å². The van der Waals surface area contributed by atoms with Crippen LogP contribution >= 0.6 is 11.3 Å². The fourth-order valence-electron chi connectivity index (χ4n) is 2.55. The second-order valence-corrected chi connectivity index (χ2v) is 6.24. The van der Waals surface area contributed by atoms with Crippen LogP contribution < -0.4 is 5.73 Å². The van der Waals surface area contributed by atoms with E-state index in [1.54, 1.807) is 0 Å². The van der Waals surface area contributed by atoms with Crippen molar-refractivity contribution < 1.29 is 18.0 Å². The number of aromatic nitrogens is 1. The molecule has 7 heteroatoms. The number of carbonyl (C=O) groups excluding carboxylic acids is 1. The van der Waals surface area contributed by atoms with Crippen LogP contribution in [0.15, 0.2) is 6.20 Å². The normalized spacial score (nSPS) is 28.4. The lowest BCUT2D eigenvalue weighted by Crippen LogP contribution is -2.50. The molecule has 2 unspecified atom stereocenters. The van der Waals surface area contributed by atoms with Gasteiger partial charge in [0, 0.05) is 6.20 Å². The number of thiazole rings is 1. The lowest BCUT2D eigenvalue weighted by Gasteiger charge is -2.34. The highest BCUT2D eigenvalue weighted by atomic mass is 32.1. The van der Waals surface area contributed by atoms with Gasteiger partial charge in [0.1, 0.15) is 0 Å². The lowest BCUT2D eigenvalue weighted by molar-refractivity contribution is -0.137. The number of nitrogens with two attached hydrogens (primary N) is 1. The average molecular weight is 292 g/mol. The van der Waals surface area contributed by atoms with Crippen LogP contribution in [0.4, 0.5) is 13.2 Å². The van der Waals surface area contributed by atoms with Crippen LogP contribution in [0.25, 0.3) is 0 Å². The molecule has 0 bridgehead atoms. The van der Waals surface area contributed by atoms with Gasteiger partial charge in [0.05, 0.1) is 10.4 Å². The van der Waals surface area contributed by atoms with Crippen LogP contribution in [0, 0.1) is 5.92 Å². The largest absolute Gasteiger partial charge is 0.443 e. The van der Waals surface area contributed by atoms with E-state index in [4.69, 9.17) is 5.73 Å². The van der Waals surface area contributed by atoms with Gasteiger partial charge in [-0.25, -0.2) is 4.98 Å². The molecule has 0 spiro atoms. The molecule has 0 amide bonds. The minimum Gasteiger partial charge on any atom is -0.319 e. The highest BCUT2D eigenvalue weighted by Gasteiger charge is 2.41. The third-order valence-corrected chi connectivity index (χ3v) is 4.50. The van der Waals surface area contributed by atoms with E-state index in [1.165, 1.54) is 0 Å². The molecule has 1 aliphatic rings. The molecule has 3 nitrogen and oxygen atoms in total. The molecule has 2 rings (SSSR count). The summed E-state index contributed by atoms with van der Waals surface area (Å²) in [6.07, 6.45) is -0.647. The van der Waals surface area contributed by atoms with Gasteiger partial charge in [-0.1, -0.05) is 19.8 Å². The molecule has 1 aliphatic carbocycles. The van der Waals surface area contributed by atoms with E-state index in [2.05, 4.69) is 4.98 Å². The van der Waals surface area contributed by atoms with Crippen molar-refractivity contribution in [2.75, 3.05) is 0 Å². The first-order chi connectivity index (χ1) is 8.72. The number of hydrogen-bond donors (Lipinski definition) is 1. The van der Waals surface area contributed by atoms with E-state index < -0.39 is 22.5 Å². The van der Waals surface area contributed by atoms with Gasteiger partial charge in [0.15, 0.2) is 10.8 Å². The van der Waals surface area contributed by atoms with Crippen molar-refractivity contribution in [2.24, 2.45) is 11.7 Å². The first kappa shape index (κ1) is 14.5. The Hall–Kier alpha value is -0.950. The predicted octanol–water partition coefficient (Wildman–Crippen LogP) is 3.25. The van der Waals surface area contributed by atoms with Crippen molar-refractivity contribution >= 4 is 17.1 Å². The number of nitrogens with zero attached hydrogens (tertiary/aromatic N) is 1. The minimum absolute atomic E-state index is 0.00363. The molecule has 1 fully saturated rings. The summed E-state index contributed by atoms with van der Waals surface area (Å²) in [6, 6.07) is 0. The molecule has 1 saturated carbocycles. The van der Waals surface area contributed by atoms with Crippen molar-refractivity contribution in [2.45, 2.75) is 44.3 Å². The molecule has 1 heterocycles. The summed E-state index contributed by atoms with van der Waals surface area (Å²) in [7, 11) is 0. The number of ketones is 1. The fourth-order valence-corrected chi connectivity index (χ4v) is 3.38. The standard InChI is InChI=1S/C12H15F3N2OS/c1-7-3-2-4-11(16,5-7)9(18)8-6-17-10(19-8)12(13,14)15/h6-7H,2-5,16H2,1H3. The number of alkyl halides is 3. The quantitative estimate of drug-likeness (QED) is 0.851. The van der Waals surface area contributed by atoms with Gasteiger partial charge in [-0.3, -0.25) is 4.79 Å². The van der Waals surface area contributed by atoms with Gasteiger partial charge in [0.2, 0.25) is 0 Å². The van der Waals surface area contributed by atoms with Gasteiger partial charge in [0.25, 0.3) is 0 Å². The van der Waals surface area contributed by atoms with E-state index in [0.29, 0.717) is 30.1 Å². The van der Waals surface area contributed by atoms with E-state index >= 15 is 0 Å². The smallest absolute Gasteiger partial charge is 0.319 e. The van der Waals surface area contributed by atoms with Crippen LogP contribution in [0.5, 0.6) is 0 Å². The molecule has 19 heavy (non-hydrogen) atoms. The third-order valence-electron chi connectivity index (χ3n) is 3.46. The van der Waals surface area contributed by atoms with Gasteiger partial charge >= 0.3 is 6.18 Å². The Balaban J connectivity index is 2.22. The van der Waals surface area contributed by atoms with Crippen LogP contribution in [-0.2, 0) is 6.18 Å². The number of hydrogen-bond acceptors (Lipinski definition) is 4. The average Bonchev–Trinajstić information content (AvgIpc) is 2.76. The molecule has 0 radical (unpaired) electrons. The lowest BCUT2D eigenvalue weighted by atomic mass is 9.74. The van der Waals surface area contributed by atoms with Crippen molar-refractivity contribution in [1.82, 2.24) is 4.98 Å². The highest BCUT2D eigenvalue weighted by molar-refractivity contribution is 7.13. The first-order valence-electron chi connectivity index (χ1n) is 6.09. The molecular weight excluding hydrogens is 277 g/mol. The summed E-state index contributed by atoms with van der Waals surface area (Å²) in [5.74, 6) is -0.0928. The van der Waals surface area contributed by atoms with Crippen LogP contribution in [0.1, 0.15) is 47.3 Å². The summed E-state index contributed by atoms with van der Waals surface area (Å²) in [6.45, 7) is 2.00. The summed E-state index contributed by atoms with van der Waals surface area (Å²) in [5.41, 5.74) is 5.06. The van der Waals surface area contributed by atoms with Gasteiger partial charge in [-0.2, -0.15) is 13.2 Å². The molecule has 1 aromatic heterocycles. The Kier molecular flexibility index (Phi) is 3.70. The maximum atomic E-state index is 12.5. The zero-order valence-electron chi connectivity index (χ0n) is 10.5. The maximum Gasteiger partial charge on any atom is 0.443 e. The SMILES string of the molecule is CC1CCCC(N)(C(=O)c2cnc(C(F)(F)F)s2)C1. The summed E-state index contributed by atoms with van der Waals surface area (Å²) in [4.78, 5) is 15.6. The van der Waals surface area contributed by atoms with Crippen molar-refractivity contribution in [1.29, 1.82) is 0 Å². The van der Waals surface area contributed by atoms with Crippen LogP contribution in [0.2, 0.25) is 0 Å². The number of halogens is 3. The first-order valence-corrected chi connectivity index (χ1v) is 6.91. The fraction of sp³-hybridized carbons (Fsp3) is 0.667. The third kappa shape index (κ3) is 2.97. The number of carbonyl (C=O) groups is 1. The van der Waals surface area contributed by atoms with E-state index in [-0.39, 0.29) is 4.88 Å². The highest BCUT2D eigenvalue weighted by Crippen LogP contribution is 2.37. The maximum absolute atomic E-state index is 12.5.